The van der Waals surface area contributed by atoms with Gasteiger partial charge in [-0.3, -0.25) is 19.6 Å². The molecule has 5 nitrogen and oxygen atoms in total. The number of nitrogens with zero attached hydrogens (tertiary/aromatic N) is 4. The van der Waals surface area contributed by atoms with Crippen molar-refractivity contribution in [2.24, 2.45) is 0 Å². The van der Waals surface area contributed by atoms with Crippen molar-refractivity contribution in [3.05, 3.63) is 30.1 Å². The van der Waals surface area contributed by atoms with Gasteiger partial charge in [-0.2, -0.15) is 0 Å². The van der Waals surface area contributed by atoms with Crippen molar-refractivity contribution in [1.29, 1.82) is 0 Å². The van der Waals surface area contributed by atoms with E-state index in [-0.39, 0.29) is 6.04 Å². The van der Waals surface area contributed by atoms with Crippen LogP contribution in [-0.4, -0.2) is 71.4 Å². The van der Waals surface area contributed by atoms with Crippen LogP contribution in [-0.2, 0) is 4.79 Å². The summed E-state index contributed by atoms with van der Waals surface area (Å²) in [6, 6.07) is 4.64. The van der Waals surface area contributed by atoms with Crippen LogP contribution in [0.3, 0.4) is 0 Å². The van der Waals surface area contributed by atoms with Crippen molar-refractivity contribution in [3.63, 3.8) is 0 Å². The molecule has 0 spiro atoms. The fourth-order valence-corrected chi connectivity index (χ4v) is 3.41. The Morgan fingerprint density at radius 1 is 1.24 bits per heavy atom. The molecule has 2 aliphatic rings. The molecule has 3 rings (SSSR count). The van der Waals surface area contributed by atoms with Gasteiger partial charge >= 0.3 is 0 Å². The number of likely N-dealkylation sites (N-methyl/N-ethyl adjacent to an activating group) is 1. The summed E-state index contributed by atoms with van der Waals surface area (Å²) >= 11 is 0. The number of pyridine rings is 1. The van der Waals surface area contributed by atoms with Crippen LogP contribution in [0.1, 0.15) is 24.9 Å². The first kappa shape index (κ1) is 14.5. The second kappa shape index (κ2) is 6.12. The lowest BCUT2D eigenvalue weighted by atomic mass is 10.1. The highest BCUT2D eigenvalue weighted by Crippen LogP contribution is 2.23. The van der Waals surface area contributed by atoms with Crippen LogP contribution >= 0.6 is 0 Å². The molecule has 2 unspecified atom stereocenters. The normalized spacial score (nSPS) is 26.3. The quantitative estimate of drug-likeness (QED) is 0.831. The largest absolute Gasteiger partial charge is 0.344 e. The summed E-state index contributed by atoms with van der Waals surface area (Å²) in [5, 5.41) is 0. The molecule has 2 fully saturated rings. The summed E-state index contributed by atoms with van der Waals surface area (Å²) in [4.78, 5) is 23.0. The Bertz CT molecular complexity index is 484. The standard InChI is InChI=1S/C16H24N4O/c1-13(14-4-3-6-17-12-14)19-8-10-20(11-9-19)15-5-7-18(2)16(15)21/h3-4,6,12-13,15H,5,7-11H2,1-2H3. The second-order valence-corrected chi connectivity index (χ2v) is 6.10. The molecule has 114 valence electrons. The highest BCUT2D eigenvalue weighted by Gasteiger charge is 2.35. The first-order valence-electron chi connectivity index (χ1n) is 7.80. The van der Waals surface area contributed by atoms with Gasteiger partial charge in [0.25, 0.3) is 0 Å². The number of carbonyl (C=O) groups is 1. The van der Waals surface area contributed by atoms with Crippen LogP contribution in [0.4, 0.5) is 0 Å². The summed E-state index contributed by atoms with van der Waals surface area (Å²) in [6.45, 7) is 7.13. The zero-order valence-corrected chi connectivity index (χ0v) is 12.9. The maximum atomic E-state index is 12.1. The Hall–Kier alpha value is -1.46. The van der Waals surface area contributed by atoms with E-state index < -0.39 is 0 Å². The number of hydrogen-bond donors (Lipinski definition) is 0. The minimum atomic E-state index is 0.117. The molecule has 1 amide bonds. The molecule has 0 radical (unpaired) electrons. The van der Waals surface area contributed by atoms with Crippen molar-refractivity contribution in [2.45, 2.75) is 25.4 Å². The molecule has 2 aliphatic heterocycles. The molecule has 5 heteroatoms. The lowest BCUT2D eigenvalue weighted by molar-refractivity contribution is -0.131. The van der Waals surface area contributed by atoms with Gasteiger partial charge in [-0.1, -0.05) is 6.07 Å². The number of likely N-dealkylation sites (tertiary alicyclic amines) is 1. The topological polar surface area (TPSA) is 39.7 Å². The third-order valence-electron chi connectivity index (χ3n) is 4.90. The van der Waals surface area contributed by atoms with Gasteiger partial charge in [-0.15, -0.1) is 0 Å². The van der Waals surface area contributed by atoms with Crippen LogP contribution in [0.5, 0.6) is 0 Å². The molecule has 0 aliphatic carbocycles. The van der Waals surface area contributed by atoms with E-state index in [1.165, 1.54) is 5.56 Å². The van der Waals surface area contributed by atoms with Crippen LogP contribution in [0.15, 0.2) is 24.5 Å². The molecule has 1 aromatic heterocycles. The average Bonchev–Trinajstić information content (AvgIpc) is 2.87. The second-order valence-electron chi connectivity index (χ2n) is 6.10. The molecular weight excluding hydrogens is 264 g/mol. The van der Waals surface area contributed by atoms with E-state index in [4.69, 9.17) is 0 Å². The summed E-state index contributed by atoms with van der Waals surface area (Å²) < 4.78 is 0. The third-order valence-corrected chi connectivity index (χ3v) is 4.90. The maximum absolute atomic E-state index is 12.1. The van der Waals surface area contributed by atoms with Gasteiger partial charge in [0.05, 0.1) is 6.04 Å². The van der Waals surface area contributed by atoms with E-state index in [1.807, 2.05) is 30.4 Å². The Morgan fingerprint density at radius 3 is 2.57 bits per heavy atom. The van der Waals surface area contributed by atoms with Gasteiger partial charge in [0.2, 0.25) is 5.91 Å². The summed E-state index contributed by atoms with van der Waals surface area (Å²) in [7, 11) is 1.91. The monoisotopic (exact) mass is 288 g/mol. The van der Waals surface area contributed by atoms with Crippen LogP contribution < -0.4 is 0 Å². The molecule has 2 atom stereocenters. The van der Waals surface area contributed by atoms with E-state index in [9.17, 15) is 4.79 Å². The molecule has 0 N–H and O–H groups in total. The Kier molecular flexibility index (Phi) is 4.22. The van der Waals surface area contributed by atoms with Gasteiger partial charge < -0.3 is 4.90 Å². The van der Waals surface area contributed by atoms with E-state index in [0.717, 1.165) is 39.1 Å². The lowest BCUT2D eigenvalue weighted by Crippen LogP contribution is -2.52. The smallest absolute Gasteiger partial charge is 0.239 e. The molecule has 21 heavy (non-hydrogen) atoms. The van der Waals surface area contributed by atoms with Gasteiger partial charge in [-0.05, 0) is 25.0 Å². The van der Waals surface area contributed by atoms with E-state index in [1.54, 1.807) is 0 Å². The zero-order chi connectivity index (χ0) is 14.8. The molecule has 0 aromatic carbocycles. The van der Waals surface area contributed by atoms with Gasteiger partial charge in [0, 0.05) is 58.2 Å². The highest BCUT2D eigenvalue weighted by atomic mass is 16.2. The van der Waals surface area contributed by atoms with Gasteiger partial charge in [0.15, 0.2) is 0 Å². The maximum Gasteiger partial charge on any atom is 0.239 e. The van der Waals surface area contributed by atoms with E-state index >= 15 is 0 Å². The SMILES string of the molecule is CC(c1cccnc1)N1CCN(C2CCN(C)C2=O)CC1. The molecule has 3 heterocycles. The number of carbonyl (C=O) groups excluding carboxylic acids is 1. The Morgan fingerprint density at radius 2 is 2.00 bits per heavy atom. The summed E-state index contributed by atoms with van der Waals surface area (Å²) in [6.07, 6.45) is 4.75. The molecule has 1 aromatic rings. The van der Waals surface area contributed by atoms with E-state index in [2.05, 4.69) is 27.8 Å². The third kappa shape index (κ3) is 2.94. The molecular formula is C16H24N4O. The minimum Gasteiger partial charge on any atom is -0.344 e. The van der Waals surface area contributed by atoms with Crippen molar-refractivity contribution < 1.29 is 4.79 Å². The summed E-state index contributed by atoms with van der Waals surface area (Å²) in [5.74, 6) is 0.295. The summed E-state index contributed by atoms with van der Waals surface area (Å²) in [5.41, 5.74) is 1.27. The lowest BCUT2D eigenvalue weighted by Gasteiger charge is -2.40. The predicted molar refractivity (Wildman–Crippen MR) is 81.8 cm³/mol. The fourth-order valence-electron chi connectivity index (χ4n) is 3.41. The van der Waals surface area contributed by atoms with Crippen LogP contribution in [0, 0.1) is 0 Å². The average molecular weight is 288 g/mol. The van der Waals surface area contributed by atoms with Crippen molar-refractivity contribution >= 4 is 5.91 Å². The molecule has 0 saturated carbocycles. The van der Waals surface area contributed by atoms with Crippen molar-refractivity contribution in [2.75, 3.05) is 39.8 Å². The van der Waals surface area contributed by atoms with Crippen molar-refractivity contribution in [1.82, 2.24) is 19.7 Å². The zero-order valence-electron chi connectivity index (χ0n) is 12.9. The first-order valence-corrected chi connectivity index (χ1v) is 7.80. The number of piperazine rings is 1. The molecule has 2 saturated heterocycles. The van der Waals surface area contributed by atoms with Crippen molar-refractivity contribution in [3.8, 4) is 0 Å². The number of hydrogen-bond acceptors (Lipinski definition) is 4. The predicted octanol–water partition coefficient (Wildman–Crippen LogP) is 0.991. The minimum absolute atomic E-state index is 0.117. The number of aromatic nitrogens is 1. The Labute approximate surface area is 126 Å². The van der Waals surface area contributed by atoms with Crippen LogP contribution in [0.25, 0.3) is 0 Å². The Balaban J connectivity index is 1.57. The number of rotatable bonds is 3. The highest BCUT2D eigenvalue weighted by molar-refractivity contribution is 5.83. The number of amides is 1. The van der Waals surface area contributed by atoms with Gasteiger partial charge in [0.1, 0.15) is 0 Å². The van der Waals surface area contributed by atoms with E-state index in [0.29, 0.717) is 11.9 Å². The fraction of sp³-hybridized carbons (Fsp3) is 0.625. The van der Waals surface area contributed by atoms with Gasteiger partial charge in [-0.25, -0.2) is 0 Å². The first-order chi connectivity index (χ1) is 10.2. The molecule has 0 bridgehead atoms. The van der Waals surface area contributed by atoms with Crippen LogP contribution in [0.2, 0.25) is 0 Å².